The van der Waals surface area contributed by atoms with Crippen LogP contribution < -0.4 is 4.74 Å². The highest BCUT2D eigenvalue weighted by Gasteiger charge is 2.12. The molecule has 1 N–H and O–H groups in total. The third-order valence-electron chi connectivity index (χ3n) is 3.02. The van der Waals surface area contributed by atoms with E-state index in [2.05, 4.69) is 0 Å². The summed E-state index contributed by atoms with van der Waals surface area (Å²) in [7, 11) is 0. The summed E-state index contributed by atoms with van der Waals surface area (Å²) in [5.41, 5.74) is 1.47. The van der Waals surface area contributed by atoms with Gasteiger partial charge in [0.15, 0.2) is 0 Å². The van der Waals surface area contributed by atoms with Crippen molar-refractivity contribution in [3.05, 3.63) is 59.4 Å². The van der Waals surface area contributed by atoms with Gasteiger partial charge in [-0.1, -0.05) is 25.1 Å². The summed E-state index contributed by atoms with van der Waals surface area (Å²) >= 11 is 0. The molecule has 0 aromatic heterocycles. The van der Waals surface area contributed by atoms with Crippen molar-refractivity contribution in [3.8, 4) is 11.5 Å². The highest BCUT2D eigenvalue weighted by molar-refractivity contribution is 5.41. The molecule has 0 saturated heterocycles. The SMILES string of the molecule is CCC(O)c1ccccc1Oc1ccc(F)cc1C. The highest BCUT2D eigenvalue weighted by Crippen LogP contribution is 2.32. The van der Waals surface area contributed by atoms with Crippen LogP contribution in [0.15, 0.2) is 42.5 Å². The normalized spacial score (nSPS) is 12.2. The van der Waals surface area contributed by atoms with Gasteiger partial charge in [-0.15, -0.1) is 0 Å². The van der Waals surface area contributed by atoms with E-state index in [-0.39, 0.29) is 5.82 Å². The molecule has 2 nitrogen and oxygen atoms in total. The summed E-state index contributed by atoms with van der Waals surface area (Å²) < 4.78 is 18.8. The zero-order chi connectivity index (χ0) is 13.8. The minimum atomic E-state index is -0.558. The van der Waals surface area contributed by atoms with E-state index in [1.807, 2.05) is 25.1 Å². The Balaban J connectivity index is 2.33. The monoisotopic (exact) mass is 260 g/mol. The van der Waals surface area contributed by atoms with Crippen LogP contribution in [-0.2, 0) is 0 Å². The molecule has 0 radical (unpaired) electrons. The molecule has 3 heteroatoms. The number of halogens is 1. The lowest BCUT2D eigenvalue weighted by Gasteiger charge is -2.15. The Labute approximate surface area is 112 Å². The van der Waals surface area contributed by atoms with Gasteiger partial charge in [0.05, 0.1) is 6.10 Å². The zero-order valence-corrected chi connectivity index (χ0v) is 11.1. The molecule has 0 heterocycles. The number of para-hydroxylation sites is 1. The van der Waals surface area contributed by atoms with Crippen molar-refractivity contribution in [2.24, 2.45) is 0 Å². The van der Waals surface area contributed by atoms with Crippen molar-refractivity contribution in [2.45, 2.75) is 26.4 Å². The Morgan fingerprint density at radius 3 is 2.58 bits per heavy atom. The Hall–Kier alpha value is -1.87. The first-order valence-corrected chi connectivity index (χ1v) is 6.32. The smallest absolute Gasteiger partial charge is 0.133 e. The van der Waals surface area contributed by atoms with Crippen LogP contribution in [0, 0.1) is 12.7 Å². The largest absolute Gasteiger partial charge is 0.457 e. The van der Waals surface area contributed by atoms with Crippen LogP contribution in [-0.4, -0.2) is 5.11 Å². The van der Waals surface area contributed by atoms with Gasteiger partial charge in [-0.05, 0) is 43.2 Å². The molecule has 100 valence electrons. The molecule has 0 aliphatic carbocycles. The van der Waals surface area contributed by atoms with E-state index < -0.39 is 6.10 Å². The summed E-state index contributed by atoms with van der Waals surface area (Å²) in [5, 5.41) is 9.96. The lowest BCUT2D eigenvalue weighted by atomic mass is 10.1. The molecule has 2 rings (SSSR count). The van der Waals surface area contributed by atoms with E-state index >= 15 is 0 Å². The number of aliphatic hydroxyl groups is 1. The van der Waals surface area contributed by atoms with Crippen molar-refractivity contribution >= 4 is 0 Å². The van der Waals surface area contributed by atoms with Gasteiger partial charge in [-0.25, -0.2) is 4.39 Å². The maximum Gasteiger partial charge on any atom is 0.133 e. The van der Waals surface area contributed by atoms with Gasteiger partial charge in [0, 0.05) is 5.56 Å². The quantitative estimate of drug-likeness (QED) is 0.884. The fourth-order valence-corrected chi connectivity index (χ4v) is 1.91. The molecule has 1 atom stereocenters. The first-order valence-electron chi connectivity index (χ1n) is 6.32. The predicted octanol–water partition coefficient (Wildman–Crippen LogP) is 4.37. The van der Waals surface area contributed by atoms with Crippen molar-refractivity contribution in [3.63, 3.8) is 0 Å². The van der Waals surface area contributed by atoms with Crippen LogP contribution >= 0.6 is 0 Å². The molecule has 0 saturated carbocycles. The minimum absolute atomic E-state index is 0.285. The van der Waals surface area contributed by atoms with Gasteiger partial charge >= 0.3 is 0 Å². The lowest BCUT2D eigenvalue weighted by molar-refractivity contribution is 0.170. The van der Waals surface area contributed by atoms with E-state index in [0.29, 0.717) is 17.9 Å². The number of benzene rings is 2. The average molecular weight is 260 g/mol. The lowest BCUT2D eigenvalue weighted by Crippen LogP contribution is -1.99. The molecular formula is C16H17FO2. The summed E-state index contributed by atoms with van der Waals surface area (Å²) in [6.07, 6.45) is 0.0555. The van der Waals surface area contributed by atoms with Gasteiger partial charge in [-0.3, -0.25) is 0 Å². The number of hydrogen-bond donors (Lipinski definition) is 1. The van der Waals surface area contributed by atoms with Crippen LogP contribution in [0.5, 0.6) is 11.5 Å². The summed E-state index contributed by atoms with van der Waals surface area (Å²) in [6.45, 7) is 3.70. The Morgan fingerprint density at radius 2 is 1.89 bits per heavy atom. The van der Waals surface area contributed by atoms with E-state index in [1.165, 1.54) is 12.1 Å². The van der Waals surface area contributed by atoms with E-state index in [4.69, 9.17) is 4.74 Å². The molecule has 0 bridgehead atoms. The molecule has 0 aliphatic heterocycles. The zero-order valence-electron chi connectivity index (χ0n) is 11.1. The maximum atomic E-state index is 13.1. The van der Waals surface area contributed by atoms with Crippen molar-refractivity contribution in [1.82, 2.24) is 0 Å². The maximum absolute atomic E-state index is 13.1. The molecule has 2 aromatic carbocycles. The average Bonchev–Trinajstić information content (AvgIpc) is 2.41. The standard InChI is InChI=1S/C16H17FO2/c1-3-14(18)13-6-4-5-7-16(13)19-15-9-8-12(17)10-11(15)2/h4-10,14,18H,3H2,1-2H3. The predicted molar refractivity (Wildman–Crippen MR) is 72.9 cm³/mol. The number of hydrogen-bond acceptors (Lipinski definition) is 2. The first-order chi connectivity index (χ1) is 9.11. The minimum Gasteiger partial charge on any atom is -0.457 e. The molecule has 0 aliphatic rings. The molecule has 1 unspecified atom stereocenters. The van der Waals surface area contributed by atoms with Crippen molar-refractivity contribution in [1.29, 1.82) is 0 Å². The van der Waals surface area contributed by atoms with Crippen molar-refractivity contribution < 1.29 is 14.2 Å². The summed E-state index contributed by atoms with van der Waals surface area (Å²) in [6, 6.07) is 11.7. The third-order valence-corrected chi connectivity index (χ3v) is 3.02. The molecule has 19 heavy (non-hydrogen) atoms. The van der Waals surface area contributed by atoms with Gasteiger partial charge < -0.3 is 9.84 Å². The van der Waals surface area contributed by atoms with Crippen LogP contribution in [0.3, 0.4) is 0 Å². The third kappa shape index (κ3) is 3.12. The Morgan fingerprint density at radius 1 is 1.16 bits per heavy atom. The molecule has 0 fully saturated rings. The molecule has 0 amide bonds. The summed E-state index contributed by atoms with van der Waals surface area (Å²) in [4.78, 5) is 0. The van der Waals surface area contributed by atoms with Crippen molar-refractivity contribution in [2.75, 3.05) is 0 Å². The fraction of sp³-hybridized carbons (Fsp3) is 0.250. The number of aryl methyl sites for hydroxylation is 1. The Bertz CT molecular complexity index is 566. The van der Waals surface area contributed by atoms with Gasteiger partial charge in [0.25, 0.3) is 0 Å². The van der Waals surface area contributed by atoms with E-state index in [0.717, 1.165) is 11.1 Å². The first kappa shape index (κ1) is 13.6. The number of rotatable bonds is 4. The Kier molecular flexibility index (Phi) is 4.17. The van der Waals surface area contributed by atoms with Crippen LogP contribution in [0.1, 0.15) is 30.6 Å². The second-order valence-corrected chi connectivity index (χ2v) is 4.47. The number of aliphatic hydroxyl groups excluding tert-OH is 1. The molecule has 2 aromatic rings. The number of ether oxygens (including phenoxy) is 1. The molecule has 0 spiro atoms. The van der Waals surface area contributed by atoms with Gasteiger partial charge in [0.2, 0.25) is 0 Å². The topological polar surface area (TPSA) is 29.5 Å². The van der Waals surface area contributed by atoms with E-state index in [1.54, 1.807) is 19.1 Å². The fourth-order valence-electron chi connectivity index (χ4n) is 1.91. The second kappa shape index (κ2) is 5.85. The molecular weight excluding hydrogens is 243 g/mol. The van der Waals surface area contributed by atoms with Crippen LogP contribution in [0.4, 0.5) is 4.39 Å². The van der Waals surface area contributed by atoms with E-state index in [9.17, 15) is 9.50 Å². The van der Waals surface area contributed by atoms with Crippen LogP contribution in [0.25, 0.3) is 0 Å². The second-order valence-electron chi connectivity index (χ2n) is 4.47. The van der Waals surface area contributed by atoms with Gasteiger partial charge in [0.1, 0.15) is 17.3 Å². The highest BCUT2D eigenvalue weighted by atomic mass is 19.1. The summed E-state index contributed by atoms with van der Waals surface area (Å²) in [5.74, 6) is 0.912. The van der Waals surface area contributed by atoms with Gasteiger partial charge in [-0.2, -0.15) is 0 Å². The van der Waals surface area contributed by atoms with Crippen LogP contribution in [0.2, 0.25) is 0 Å².